The Kier molecular flexibility index (Phi) is 8.01. The van der Waals surface area contributed by atoms with Crippen molar-refractivity contribution in [2.75, 3.05) is 26.2 Å². The Bertz CT molecular complexity index is 225. The molecule has 2 heteroatoms. The van der Waals surface area contributed by atoms with Crippen molar-refractivity contribution in [2.24, 2.45) is 17.8 Å². The van der Waals surface area contributed by atoms with E-state index < -0.39 is 0 Å². The molecular weight excluding hydrogens is 232 g/mol. The third-order valence-electron chi connectivity index (χ3n) is 4.72. The number of hydrogen-bond donors (Lipinski definition) is 1. The van der Waals surface area contributed by atoms with Gasteiger partial charge >= 0.3 is 0 Å². The first-order chi connectivity index (χ1) is 9.04. The maximum Gasteiger partial charge on any atom is 0.0217 e. The quantitative estimate of drug-likeness (QED) is 0.756. The highest BCUT2D eigenvalue weighted by atomic mass is 15.1. The van der Waals surface area contributed by atoms with Crippen molar-refractivity contribution in [1.29, 1.82) is 0 Å². The van der Waals surface area contributed by atoms with Gasteiger partial charge in [-0.25, -0.2) is 0 Å². The van der Waals surface area contributed by atoms with Crippen LogP contribution in [0.25, 0.3) is 0 Å². The van der Waals surface area contributed by atoms with Crippen molar-refractivity contribution in [3.63, 3.8) is 0 Å². The van der Waals surface area contributed by atoms with E-state index in [2.05, 4.69) is 44.8 Å². The number of nitrogens with one attached hydrogen (secondary N) is 1. The van der Waals surface area contributed by atoms with Crippen molar-refractivity contribution < 1.29 is 0 Å². The van der Waals surface area contributed by atoms with Gasteiger partial charge in [0.25, 0.3) is 0 Å². The molecule has 0 spiro atoms. The first-order valence-electron chi connectivity index (χ1n) is 8.50. The third kappa shape index (κ3) is 6.27. The van der Waals surface area contributed by atoms with Crippen LogP contribution >= 0.6 is 0 Å². The summed E-state index contributed by atoms with van der Waals surface area (Å²) in [7, 11) is 0. The van der Waals surface area contributed by atoms with E-state index in [0.29, 0.717) is 6.04 Å². The van der Waals surface area contributed by atoms with E-state index in [0.717, 1.165) is 24.3 Å². The van der Waals surface area contributed by atoms with Gasteiger partial charge in [-0.15, -0.1) is 0 Å². The van der Waals surface area contributed by atoms with Crippen LogP contribution in [-0.4, -0.2) is 37.1 Å². The third-order valence-corrected chi connectivity index (χ3v) is 4.72. The van der Waals surface area contributed by atoms with E-state index in [4.69, 9.17) is 0 Å². The molecule has 0 bridgehead atoms. The van der Waals surface area contributed by atoms with Gasteiger partial charge in [-0.2, -0.15) is 0 Å². The Balaban J connectivity index is 2.41. The van der Waals surface area contributed by atoms with E-state index >= 15 is 0 Å². The van der Waals surface area contributed by atoms with Gasteiger partial charge in [0.05, 0.1) is 0 Å². The van der Waals surface area contributed by atoms with Crippen molar-refractivity contribution in [3.8, 4) is 0 Å². The maximum absolute atomic E-state index is 3.73. The summed E-state index contributed by atoms with van der Waals surface area (Å²) in [6.07, 6.45) is 5.46. The predicted molar refractivity (Wildman–Crippen MR) is 85.5 cm³/mol. The van der Waals surface area contributed by atoms with Crippen LogP contribution in [0.5, 0.6) is 0 Å². The lowest BCUT2D eigenvalue weighted by atomic mass is 9.89. The Morgan fingerprint density at radius 2 is 1.84 bits per heavy atom. The molecular formula is C17H36N2. The SMILES string of the molecule is CCCNC(CN1CCCC(C(C)C)CC1)C(C)C. The summed E-state index contributed by atoms with van der Waals surface area (Å²) in [6.45, 7) is 16.7. The van der Waals surface area contributed by atoms with E-state index in [1.165, 1.54) is 45.3 Å². The fraction of sp³-hybridized carbons (Fsp3) is 1.00. The molecule has 1 N–H and O–H groups in total. The molecule has 0 saturated carbocycles. The summed E-state index contributed by atoms with van der Waals surface area (Å²) < 4.78 is 0. The second kappa shape index (κ2) is 8.97. The summed E-state index contributed by atoms with van der Waals surface area (Å²) in [5, 5.41) is 3.73. The summed E-state index contributed by atoms with van der Waals surface area (Å²) in [4.78, 5) is 2.70. The maximum atomic E-state index is 3.73. The standard InChI is InChI=1S/C17H36N2/c1-6-10-18-17(15(4)5)13-19-11-7-8-16(9-12-19)14(2)3/h14-18H,6-13H2,1-5H3. The molecule has 1 fully saturated rings. The summed E-state index contributed by atoms with van der Waals surface area (Å²) >= 11 is 0. The van der Waals surface area contributed by atoms with E-state index in [1.807, 2.05) is 0 Å². The Morgan fingerprint density at radius 3 is 2.42 bits per heavy atom. The van der Waals surface area contributed by atoms with Crippen molar-refractivity contribution in [2.45, 2.75) is 66.3 Å². The van der Waals surface area contributed by atoms with Crippen LogP contribution in [0, 0.1) is 17.8 Å². The van der Waals surface area contributed by atoms with Crippen LogP contribution in [0.4, 0.5) is 0 Å². The molecule has 1 rings (SSSR count). The molecule has 1 saturated heterocycles. The number of likely N-dealkylation sites (tertiary alicyclic amines) is 1. The molecule has 2 atom stereocenters. The molecule has 0 radical (unpaired) electrons. The van der Waals surface area contributed by atoms with Gasteiger partial charge in [0.15, 0.2) is 0 Å². The fourth-order valence-electron chi connectivity index (χ4n) is 3.15. The van der Waals surface area contributed by atoms with Gasteiger partial charge in [-0.3, -0.25) is 0 Å². The zero-order valence-corrected chi connectivity index (χ0v) is 13.9. The minimum atomic E-state index is 0.663. The number of hydrogen-bond acceptors (Lipinski definition) is 2. The topological polar surface area (TPSA) is 15.3 Å². The summed E-state index contributed by atoms with van der Waals surface area (Å²) in [5.74, 6) is 2.54. The van der Waals surface area contributed by atoms with Crippen molar-refractivity contribution in [3.05, 3.63) is 0 Å². The lowest BCUT2D eigenvalue weighted by Gasteiger charge is -2.29. The Hall–Kier alpha value is -0.0800. The van der Waals surface area contributed by atoms with Crippen LogP contribution in [0.1, 0.15) is 60.3 Å². The van der Waals surface area contributed by atoms with Crippen LogP contribution in [0.15, 0.2) is 0 Å². The van der Waals surface area contributed by atoms with Crippen LogP contribution in [-0.2, 0) is 0 Å². The van der Waals surface area contributed by atoms with Gasteiger partial charge in [0.2, 0.25) is 0 Å². The highest BCUT2D eigenvalue weighted by Gasteiger charge is 2.22. The summed E-state index contributed by atoms with van der Waals surface area (Å²) in [6, 6.07) is 0.663. The first kappa shape index (κ1) is 17.0. The van der Waals surface area contributed by atoms with Crippen LogP contribution in [0.3, 0.4) is 0 Å². The Morgan fingerprint density at radius 1 is 1.11 bits per heavy atom. The smallest absolute Gasteiger partial charge is 0.0217 e. The fourth-order valence-corrected chi connectivity index (χ4v) is 3.15. The molecule has 0 aliphatic carbocycles. The van der Waals surface area contributed by atoms with Gasteiger partial charge in [-0.05, 0) is 63.1 Å². The molecule has 0 aromatic rings. The molecule has 1 heterocycles. The normalized spacial score (nSPS) is 23.8. The lowest BCUT2D eigenvalue weighted by molar-refractivity contribution is 0.219. The minimum absolute atomic E-state index is 0.663. The summed E-state index contributed by atoms with van der Waals surface area (Å²) in [5.41, 5.74) is 0. The van der Waals surface area contributed by atoms with Crippen LogP contribution < -0.4 is 5.32 Å². The van der Waals surface area contributed by atoms with Crippen LogP contribution in [0.2, 0.25) is 0 Å². The first-order valence-corrected chi connectivity index (χ1v) is 8.50. The van der Waals surface area contributed by atoms with E-state index in [-0.39, 0.29) is 0 Å². The molecule has 19 heavy (non-hydrogen) atoms. The van der Waals surface area contributed by atoms with Crippen molar-refractivity contribution >= 4 is 0 Å². The van der Waals surface area contributed by atoms with E-state index in [1.54, 1.807) is 0 Å². The number of rotatable bonds is 7. The monoisotopic (exact) mass is 268 g/mol. The molecule has 1 aliphatic heterocycles. The molecule has 0 aromatic heterocycles. The second-order valence-electron chi connectivity index (χ2n) is 7.04. The van der Waals surface area contributed by atoms with Gasteiger partial charge in [0.1, 0.15) is 0 Å². The van der Waals surface area contributed by atoms with Gasteiger partial charge in [0, 0.05) is 12.6 Å². The molecule has 0 aromatic carbocycles. The Labute approximate surface area is 121 Å². The highest BCUT2D eigenvalue weighted by molar-refractivity contribution is 4.78. The molecule has 2 unspecified atom stereocenters. The largest absolute Gasteiger partial charge is 0.312 e. The van der Waals surface area contributed by atoms with Gasteiger partial charge in [-0.1, -0.05) is 34.6 Å². The molecule has 114 valence electrons. The molecule has 1 aliphatic rings. The van der Waals surface area contributed by atoms with Crippen molar-refractivity contribution in [1.82, 2.24) is 10.2 Å². The zero-order chi connectivity index (χ0) is 14.3. The second-order valence-corrected chi connectivity index (χ2v) is 7.04. The average molecular weight is 268 g/mol. The lowest BCUT2D eigenvalue weighted by Crippen LogP contribution is -2.44. The molecule has 0 amide bonds. The van der Waals surface area contributed by atoms with Gasteiger partial charge < -0.3 is 10.2 Å². The predicted octanol–water partition coefficient (Wildman–Crippen LogP) is 3.77. The minimum Gasteiger partial charge on any atom is -0.312 e. The number of nitrogens with zero attached hydrogens (tertiary/aromatic N) is 1. The zero-order valence-electron chi connectivity index (χ0n) is 13.9. The average Bonchev–Trinajstić information content (AvgIpc) is 2.59. The van der Waals surface area contributed by atoms with E-state index in [9.17, 15) is 0 Å². The molecule has 2 nitrogen and oxygen atoms in total. The highest BCUT2D eigenvalue weighted by Crippen LogP contribution is 2.24.